The molecule has 0 spiro atoms. The Labute approximate surface area is 161 Å². The highest BCUT2D eigenvalue weighted by atomic mass is 32.2. The molecule has 2 aromatic rings. The fourth-order valence-corrected chi connectivity index (χ4v) is 3.47. The Kier molecular flexibility index (Phi) is 7.38. The van der Waals surface area contributed by atoms with Crippen molar-refractivity contribution in [1.82, 2.24) is 4.72 Å². The first-order valence-corrected chi connectivity index (χ1v) is 10.4. The van der Waals surface area contributed by atoms with Crippen molar-refractivity contribution in [2.24, 2.45) is 0 Å². The third-order valence-corrected chi connectivity index (χ3v) is 5.38. The molecular formula is C20H26N2O4S. The van der Waals surface area contributed by atoms with Gasteiger partial charge in [-0.3, -0.25) is 4.79 Å². The summed E-state index contributed by atoms with van der Waals surface area (Å²) in [5.74, 6) is 0.743. The maximum Gasteiger partial charge on any atom is 0.262 e. The predicted molar refractivity (Wildman–Crippen MR) is 107 cm³/mol. The minimum Gasteiger partial charge on any atom is -0.484 e. The van der Waals surface area contributed by atoms with E-state index in [0.29, 0.717) is 30.3 Å². The lowest BCUT2D eigenvalue weighted by Crippen LogP contribution is -2.24. The van der Waals surface area contributed by atoms with Gasteiger partial charge in [0.25, 0.3) is 5.91 Å². The zero-order valence-electron chi connectivity index (χ0n) is 15.9. The summed E-state index contributed by atoms with van der Waals surface area (Å²) in [6.45, 7) is 6.37. The van der Waals surface area contributed by atoms with Crippen LogP contribution in [0, 0.1) is 0 Å². The average molecular weight is 391 g/mol. The van der Waals surface area contributed by atoms with Crippen LogP contribution in [0.2, 0.25) is 0 Å². The highest BCUT2D eigenvalue weighted by Gasteiger charge is 2.13. The third-order valence-electron chi connectivity index (χ3n) is 3.91. The molecule has 0 aromatic heterocycles. The van der Waals surface area contributed by atoms with E-state index >= 15 is 0 Å². The first-order chi connectivity index (χ1) is 12.8. The van der Waals surface area contributed by atoms with E-state index in [1.54, 1.807) is 12.1 Å². The number of hydrogen-bond acceptors (Lipinski definition) is 4. The summed E-state index contributed by atoms with van der Waals surface area (Å²) >= 11 is 0. The molecular weight excluding hydrogens is 364 g/mol. The van der Waals surface area contributed by atoms with Crippen LogP contribution in [-0.4, -0.2) is 27.5 Å². The summed E-state index contributed by atoms with van der Waals surface area (Å²) in [6, 6.07) is 13.6. The van der Waals surface area contributed by atoms with Crippen LogP contribution in [0.1, 0.15) is 38.7 Å². The zero-order valence-corrected chi connectivity index (χ0v) is 16.7. The molecule has 1 amide bonds. The van der Waals surface area contributed by atoms with Crippen LogP contribution in [0.4, 0.5) is 5.69 Å². The van der Waals surface area contributed by atoms with Gasteiger partial charge in [-0.05, 0) is 54.3 Å². The van der Waals surface area contributed by atoms with Crippen LogP contribution in [0.15, 0.2) is 53.4 Å². The lowest BCUT2D eigenvalue weighted by Gasteiger charge is -2.10. The number of anilines is 1. The molecule has 7 heteroatoms. The summed E-state index contributed by atoms with van der Waals surface area (Å²) in [4.78, 5) is 12.2. The summed E-state index contributed by atoms with van der Waals surface area (Å²) in [6.07, 6.45) is 0.716. The molecule has 0 fully saturated rings. The van der Waals surface area contributed by atoms with Crippen LogP contribution in [-0.2, 0) is 14.8 Å². The summed E-state index contributed by atoms with van der Waals surface area (Å²) in [5.41, 5.74) is 1.71. The standard InChI is InChI=1S/C20H26N2O4S/c1-4-13-21-27(24,25)19-11-7-17(8-12-19)22-20(23)14-26-18-9-5-16(6-10-18)15(2)3/h5-12,15,21H,4,13-14H2,1-3H3,(H,22,23). The summed E-state index contributed by atoms with van der Waals surface area (Å²) in [5, 5.41) is 2.68. The Morgan fingerprint density at radius 2 is 1.67 bits per heavy atom. The fourth-order valence-electron chi connectivity index (χ4n) is 2.33. The van der Waals surface area contributed by atoms with Crippen molar-refractivity contribution in [3.8, 4) is 5.75 Å². The number of nitrogens with one attached hydrogen (secondary N) is 2. The largest absolute Gasteiger partial charge is 0.484 e. The molecule has 146 valence electrons. The van der Waals surface area contributed by atoms with Crippen molar-refractivity contribution in [2.45, 2.75) is 38.0 Å². The van der Waals surface area contributed by atoms with Gasteiger partial charge in [0, 0.05) is 12.2 Å². The first kappa shape index (κ1) is 20.9. The van der Waals surface area contributed by atoms with E-state index < -0.39 is 10.0 Å². The number of benzene rings is 2. The van der Waals surface area contributed by atoms with E-state index in [2.05, 4.69) is 23.9 Å². The molecule has 0 atom stereocenters. The molecule has 0 aliphatic rings. The lowest BCUT2D eigenvalue weighted by atomic mass is 10.0. The lowest BCUT2D eigenvalue weighted by molar-refractivity contribution is -0.118. The topological polar surface area (TPSA) is 84.5 Å². The van der Waals surface area contributed by atoms with E-state index in [0.717, 1.165) is 0 Å². The highest BCUT2D eigenvalue weighted by molar-refractivity contribution is 7.89. The minimum absolute atomic E-state index is 0.126. The van der Waals surface area contributed by atoms with Gasteiger partial charge in [0.15, 0.2) is 6.61 Å². The van der Waals surface area contributed by atoms with E-state index in [-0.39, 0.29) is 17.4 Å². The van der Waals surface area contributed by atoms with Gasteiger partial charge in [-0.2, -0.15) is 0 Å². The van der Waals surface area contributed by atoms with Gasteiger partial charge in [-0.15, -0.1) is 0 Å². The Balaban J connectivity index is 1.88. The second-order valence-corrected chi connectivity index (χ2v) is 8.25. The number of ether oxygens (including phenoxy) is 1. The zero-order chi connectivity index (χ0) is 19.9. The van der Waals surface area contributed by atoms with E-state index in [9.17, 15) is 13.2 Å². The van der Waals surface area contributed by atoms with Gasteiger partial charge in [0.1, 0.15) is 5.75 Å². The van der Waals surface area contributed by atoms with Crippen LogP contribution < -0.4 is 14.8 Å². The SMILES string of the molecule is CCCNS(=O)(=O)c1ccc(NC(=O)COc2ccc(C(C)C)cc2)cc1. The molecule has 0 saturated heterocycles. The van der Waals surface area contributed by atoms with Crippen molar-refractivity contribution >= 4 is 21.6 Å². The van der Waals surface area contributed by atoms with Crippen LogP contribution >= 0.6 is 0 Å². The summed E-state index contributed by atoms with van der Waals surface area (Å²) in [7, 11) is -3.51. The van der Waals surface area contributed by atoms with Gasteiger partial charge in [0.05, 0.1) is 4.90 Å². The molecule has 2 rings (SSSR count). The second-order valence-electron chi connectivity index (χ2n) is 6.48. The van der Waals surface area contributed by atoms with E-state index in [1.165, 1.54) is 17.7 Å². The maximum absolute atomic E-state index is 12.0. The molecule has 0 aliphatic carbocycles. The Morgan fingerprint density at radius 3 is 2.22 bits per heavy atom. The fraction of sp³-hybridized carbons (Fsp3) is 0.350. The van der Waals surface area contributed by atoms with Crippen molar-refractivity contribution in [3.05, 3.63) is 54.1 Å². The number of rotatable bonds is 9. The van der Waals surface area contributed by atoms with Crippen molar-refractivity contribution in [3.63, 3.8) is 0 Å². The first-order valence-electron chi connectivity index (χ1n) is 8.94. The quantitative estimate of drug-likeness (QED) is 0.686. The molecule has 0 unspecified atom stereocenters. The molecule has 6 nitrogen and oxygen atoms in total. The molecule has 0 bridgehead atoms. The van der Waals surface area contributed by atoms with Gasteiger partial charge in [0.2, 0.25) is 10.0 Å². The molecule has 0 aliphatic heterocycles. The third kappa shape index (κ3) is 6.37. The number of hydrogen-bond donors (Lipinski definition) is 2. The predicted octanol–water partition coefficient (Wildman–Crippen LogP) is 3.52. The average Bonchev–Trinajstić information content (AvgIpc) is 2.65. The van der Waals surface area contributed by atoms with Crippen LogP contribution in [0.25, 0.3) is 0 Å². The number of sulfonamides is 1. The van der Waals surface area contributed by atoms with E-state index in [4.69, 9.17) is 4.74 Å². The van der Waals surface area contributed by atoms with Crippen LogP contribution in [0.5, 0.6) is 5.75 Å². The maximum atomic E-state index is 12.0. The van der Waals surface area contributed by atoms with Gasteiger partial charge in [-0.25, -0.2) is 13.1 Å². The molecule has 2 N–H and O–H groups in total. The Morgan fingerprint density at radius 1 is 1.04 bits per heavy atom. The van der Waals surface area contributed by atoms with Crippen molar-refractivity contribution < 1.29 is 17.9 Å². The minimum atomic E-state index is -3.51. The number of carbonyl (C=O) groups excluding carboxylic acids is 1. The molecule has 0 radical (unpaired) electrons. The number of carbonyl (C=O) groups is 1. The highest BCUT2D eigenvalue weighted by Crippen LogP contribution is 2.19. The Bertz CT molecular complexity index is 845. The van der Waals surface area contributed by atoms with Crippen molar-refractivity contribution in [1.29, 1.82) is 0 Å². The molecule has 0 heterocycles. The van der Waals surface area contributed by atoms with Crippen molar-refractivity contribution in [2.75, 3.05) is 18.5 Å². The summed E-state index contributed by atoms with van der Waals surface area (Å²) < 4.78 is 32.0. The molecule has 0 saturated carbocycles. The van der Waals surface area contributed by atoms with Gasteiger partial charge in [-0.1, -0.05) is 32.9 Å². The van der Waals surface area contributed by atoms with E-state index in [1.807, 2.05) is 31.2 Å². The number of amides is 1. The normalized spacial score (nSPS) is 11.4. The smallest absolute Gasteiger partial charge is 0.262 e. The molecule has 27 heavy (non-hydrogen) atoms. The molecule has 2 aromatic carbocycles. The second kappa shape index (κ2) is 9.53. The van der Waals surface area contributed by atoms with Gasteiger partial charge >= 0.3 is 0 Å². The Hall–Kier alpha value is -2.38. The van der Waals surface area contributed by atoms with Crippen LogP contribution in [0.3, 0.4) is 0 Å². The van der Waals surface area contributed by atoms with Gasteiger partial charge < -0.3 is 10.1 Å². The monoisotopic (exact) mass is 390 g/mol.